The third-order valence-electron chi connectivity index (χ3n) is 2.81. The largest absolute Gasteiger partial charge is 0.609 e. The summed E-state index contributed by atoms with van der Waals surface area (Å²) < 4.78 is 12.2. The van der Waals surface area contributed by atoms with Gasteiger partial charge in [0.1, 0.15) is 5.75 Å². The van der Waals surface area contributed by atoms with Crippen molar-refractivity contribution in [2.45, 2.75) is 5.16 Å². The summed E-state index contributed by atoms with van der Waals surface area (Å²) in [4.78, 5) is 11.6. The Balaban J connectivity index is 1.70. The fourth-order valence-corrected chi connectivity index (χ4v) is 2.70. The number of benzene rings is 1. The van der Waals surface area contributed by atoms with Crippen molar-refractivity contribution >= 4 is 28.3 Å². The Morgan fingerprint density at radius 3 is 2.80 bits per heavy atom. The average molecular weight is 283 g/mol. The molecule has 2 aromatic heterocycles. The van der Waals surface area contributed by atoms with Gasteiger partial charge in [-0.15, -0.1) is 0 Å². The van der Waals surface area contributed by atoms with Crippen molar-refractivity contribution in [1.29, 1.82) is 0 Å². The number of nitrogens with one attached hydrogen (secondary N) is 1. The second-order valence-electron chi connectivity index (χ2n) is 4.23. The van der Waals surface area contributed by atoms with Crippen LogP contribution in [-0.2, 0) is 11.2 Å². The minimum absolute atomic E-state index is 0.413. The Morgan fingerprint density at radius 2 is 2.00 bits per heavy atom. The van der Waals surface area contributed by atoms with Gasteiger partial charge in [-0.1, -0.05) is 18.2 Å². The first-order valence-electron chi connectivity index (χ1n) is 6.23. The highest BCUT2D eigenvalue weighted by Crippen LogP contribution is 2.15. The molecule has 3 rings (SSSR count). The molecule has 0 aliphatic rings. The SMILES string of the molecule is [O-][S+](CC=Cc1ccccn1)c1nc2ccccc2[nH]1. The molecule has 1 N–H and O–H groups in total. The molecule has 0 aliphatic carbocycles. The third kappa shape index (κ3) is 2.89. The highest BCUT2D eigenvalue weighted by molar-refractivity contribution is 7.91. The first-order chi connectivity index (χ1) is 9.83. The van der Waals surface area contributed by atoms with Crippen LogP contribution < -0.4 is 0 Å². The van der Waals surface area contributed by atoms with Crippen LogP contribution in [0.2, 0.25) is 0 Å². The van der Waals surface area contributed by atoms with Gasteiger partial charge in [-0.25, -0.2) is 0 Å². The molecule has 1 unspecified atom stereocenters. The molecule has 0 saturated heterocycles. The normalized spacial score (nSPS) is 13.1. The van der Waals surface area contributed by atoms with Gasteiger partial charge in [-0.3, -0.25) is 9.97 Å². The van der Waals surface area contributed by atoms with Crippen LogP contribution in [-0.4, -0.2) is 25.3 Å². The maximum absolute atomic E-state index is 12.2. The summed E-state index contributed by atoms with van der Waals surface area (Å²) in [5.74, 6) is 0.413. The summed E-state index contributed by atoms with van der Waals surface area (Å²) >= 11 is -1.17. The molecule has 0 fully saturated rings. The summed E-state index contributed by atoms with van der Waals surface area (Å²) in [6.07, 6.45) is 5.45. The molecule has 100 valence electrons. The summed E-state index contributed by atoms with van der Waals surface area (Å²) in [5.41, 5.74) is 2.60. The zero-order chi connectivity index (χ0) is 13.8. The van der Waals surface area contributed by atoms with Gasteiger partial charge >= 0.3 is 5.16 Å². The van der Waals surface area contributed by atoms with E-state index in [1.165, 1.54) is 0 Å². The lowest BCUT2D eigenvalue weighted by atomic mass is 10.3. The van der Waals surface area contributed by atoms with Crippen LogP contribution in [0.25, 0.3) is 17.1 Å². The van der Waals surface area contributed by atoms with Crippen molar-refractivity contribution in [1.82, 2.24) is 15.0 Å². The maximum Gasteiger partial charge on any atom is 0.321 e. The van der Waals surface area contributed by atoms with Gasteiger partial charge < -0.3 is 4.55 Å². The molecule has 0 aliphatic heterocycles. The quantitative estimate of drug-likeness (QED) is 0.749. The molecule has 20 heavy (non-hydrogen) atoms. The van der Waals surface area contributed by atoms with E-state index in [0.717, 1.165) is 16.7 Å². The number of aromatic nitrogens is 3. The summed E-state index contributed by atoms with van der Waals surface area (Å²) in [7, 11) is 0. The van der Waals surface area contributed by atoms with Crippen molar-refractivity contribution in [2.24, 2.45) is 0 Å². The number of H-pyrrole nitrogens is 1. The smallest absolute Gasteiger partial charge is 0.321 e. The Bertz CT molecular complexity index is 691. The molecule has 2 heterocycles. The molecule has 0 spiro atoms. The lowest BCUT2D eigenvalue weighted by Gasteiger charge is -2.02. The number of para-hydroxylation sites is 2. The van der Waals surface area contributed by atoms with Crippen molar-refractivity contribution in [2.75, 3.05) is 5.75 Å². The lowest BCUT2D eigenvalue weighted by Crippen LogP contribution is -2.06. The standard InChI is InChI=1S/C15H13N3OS/c19-20(11-5-7-12-6-3-4-10-16-12)15-17-13-8-1-2-9-14(13)18-15/h1-10H,11H2,(H,17,18). The number of pyridine rings is 1. The minimum atomic E-state index is -1.17. The molecule has 0 bridgehead atoms. The molecule has 4 nitrogen and oxygen atoms in total. The predicted octanol–water partition coefficient (Wildman–Crippen LogP) is 2.78. The number of nitrogens with zero attached hydrogens (tertiary/aromatic N) is 2. The zero-order valence-electron chi connectivity index (χ0n) is 10.7. The first kappa shape index (κ1) is 12.9. The third-order valence-corrected chi connectivity index (χ3v) is 3.93. The molecule has 1 atom stereocenters. The number of hydrogen-bond acceptors (Lipinski definition) is 3. The molecular weight excluding hydrogens is 270 g/mol. The van der Waals surface area contributed by atoms with Gasteiger partial charge in [-0.05, 0) is 36.4 Å². The molecule has 0 radical (unpaired) electrons. The Kier molecular flexibility index (Phi) is 3.80. The molecule has 3 aromatic rings. The zero-order valence-corrected chi connectivity index (χ0v) is 11.5. The van der Waals surface area contributed by atoms with E-state index in [4.69, 9.17) is 0 Å². The number of aromatic amines is 1. The van der Waals surface area contributed by atoms with Gasteiger partial charge in [0.05, 0.1) is 16.7 Å². The second kappa shape index (κ2) is 5.90. The Labute approximate surface area is 119 Å². The van der Waals surface area contributed by atoms with Crippen LogP contribution in [0.3, 0.4) is 0 Å². The molecule has 1 aromatic carbocycles. The van der Waals surface area contributed by atoms with E-state index < -0.39 is 11.2 Å². The van der Waals surface area contributed by atoms with E-state index in [2.05, 4.69) is 15.0 Å². The molecule has 5 heteroatoms. The van der Waals surface area contributed by atoms with Crippen LogP contribution >= 0.6 is 0 Å². The number of fused-ring (bicyclic) bond motifs is 1. The van der Waals surface area contributed by atoms with Crippen molar-refractivity contribution in [3.63, 3.8) is 0 Å². The van der Waals surface area contributed by atoms with Crippen LogP contribution in [0.4, 0.5) is 0 Å². The number of rotatable bonds is 4. The van der Waals surface area contributed by atoms with Crippen molar-refractivity contribution < 1.29 is 4.55 Å². The van der Waals surface area contributed by atoms with E-state index >= 15 is 0 Å². The van der Waals surface area contributed by atoms with Gasteiger partial charge in [0, 0.05) is 17.4 Å². The molecule has 0 saturated carbocycles. The van der Waals surface area contributed by atoms with Crippen molar-refractivity contribution in [3.8, 4) is 0 Å². The van der Waals surface area contributed by atoms with E-state index in [-0.39, 0.29) is 0 Å². The second-order valence-corrected chi connectivity index (χ2v) is 5.64. The topological polar surface area (TPSA) is 64.6 Å². The van der Waals surface area contributed by atoms with Crippen LogP contribution in [0.1, 0.15) is 5.69 Å². The summed E-state index contributed by atoms with van der Waals surface area (Å²) in [6, 6.07) is 13.3. The van der Waals surface area contributed by atoms with Gasteiger partial charge in [0.15, 0.2) is 0 Å². The van der Waals surface area contributed by atoms with E-state index in [1.54, 1.807) is 6.20 Å². The van der Waals surface area contributed by atoms with Crippen LogP contribution in [0.5, 0.6) is 0 Å². The van der Waals surface area contributed by atoms with Crippen molar-refractivity contribution in [3.05, 3.63) is 60.4 Å². The molecule has 0 amide bonds. The first-order valence-corrected chi connectivity index (χ1v) is 7.55. The number of hydrogen-bond donors (Lipinski definition) is 1. The number of imidazole rings is 1. The molecular formula is C15H13N3OS. The Morgan fingerprint density at radius 1 is 1.15 bits per heavy atom. The van der Waals surface area contributed by atoms with E-state index in [1.807, 2.05) is 54.6 Å². The van der Waals surface area contributed by atoms with Gasteiger partial charge in [-0.2, -0.15) is 4.98 Å². The minimum Gasteiger partial charge on any atom is -0.609 e. The van der Waals surface area contributed by atoms with E-state index in [0.29, 0.717) is 10.9 Å². The predicted molar refractivity (Wildman–Crippen MR) is 80.6 cm³/mol. The van der Waals surface area contributed by atoms with Crippen LogP contribution in [0.15, 0.2) is 59.9 Å². The van der Waals surface area contributed by atoms with E-state index in [9.17, 15) is 4.55 Å². The lowest BCUT2D eigenvalue weighted by molar-refractivity contribution is 0.591. The maximum atomic E-state index is 12.2. The highest BCUT2D eigenvalue weighted by Gasteiger charge is 2.14. The average Bonchev–Trinajstić information content (AvgIpc) is 2.92. The van der Waals surface area contributed by atoms with Gasteiger partial charge in [0.2, 0.25) is 0 Å². The fraction of sp³-hybridized carbons (Fsp3) is 0.0667. The monoisotopic (exact) mass is 283 g/mol. The highest BCUT2D eigenvalue weighted by atomic mass is 32.2. The van der Waals surface area contributed by atoms with Crippen LogP contribution in [0, 0.1) is 0 Å². The van der Waals surface area contributed by atoms with Gasteiger partial charge in [0.25, 0.3) is 0 Å². The fourth-order valence-electron chi connectivity index (χ4n) is 1.85. The summed E-state index contributed by atoms with van der Waals surface area (Å²) in [6.45, 7) is 0. The summed E-state index contributed by atoms with van der Waals surface area (Å²) in [5, 5.41) is 0.511. The Hall–Kier alpha value is -2.11.